The zero-order valence-electron chi connectivity index (χ0n) is 23.1. The number of halogens is 2. The third kappa shape index (κ3) is 5.99. The number of amides is 1. The summed E-state index contributed by atoms with van der Waals surface area (Å²) in [4.78, 5) is 28.6. The number of methoxy groups -OCH3 is 3. The Morgan fingerprint density at radius 2 is 1.88 bits per heavy atom. The van der Waals surface area contributed by atoms with E-state index in [-0.39, 0.29) is 24.1 Å². The molecule has 2 fully saturated rings. The van der Waals surface area contributed by atoms with Gasteiger partial charge in [0.25, 0.3) is 0 Å². The zero-order valence-corrected chi connectivity index (χ0v) is 24.6. The van der Waals surface area contributed by atoms with Crippen LogP contribution in [0.1, 0.15) is 12.8 Å². The number of carbonyl (C=O) groups is 1. The van der Waals surface area contributed by atoms with E-state index in [4.69, 9.17) is 52.1 Å². The molecule has 0 saturated carbocycles. The van der Waals surface area contributed by atoms with Gasteiger partial charge in [0.2, 0.25) is 11.9 Å². The molecule has 0 radical (unpaired) electrons. The summed E-state index contributed by atoms with van der Waals surface area (Å²) in [5.74, 6) is 1.62. The van der Waals surface area contributed by atoms with Gasteiger partial charge in [0, 0.05) is 50.0 Å². The lowest BCUT2D eigenvalue weighted by molar-refractivity contribution is -0.117. The second-order valence-electron chi connectivity index (χ2n) is 9.77. The van der Waals surface area contributed by atoms with Crippen LogP contribution in [0.15, 0.2) is 31.0 Å². The normalized spacial score (nSPS) is 20.6. The van der Waals surface area contributed by atoms with E-state index in [0.717, 1.165) is 18.4 Å². The molecule has 0 bridgehead atoms. The van der Waals surface area contributed by atoms with Crippen molar-refractivity contribution in [3.05, 3.63) is 41.0 Å². The molecular weight excluding hydrogens is 571 g/mol. The van der Waals surface area contributed by atoms with Crippen molar-refractivity contribution in [1.82, 2.24) is 20.3 Å². The molecule has 2 aromatic heterocycles. The van der Waals surface area contributed by atoms with Gasteiger partial charge in [0.05, 0.1) is 54.8 Å². The molecule has 4 heterocycles. The fourth-order valence-electron chi connectivity index (χ4n) is 5.12. The average molecular weight is 604 g/mol. The van der Waals surface area contributed by atoms with Crippen molar-refractivity contribution in [3.63, 3.8) is 0 Å². The highest BCUT2D eigenvalue weighted by Crippen LogP contribution is 2.46. The van der Waals surface area contributed by atoms with Gasteiger partial charge in [-0.15, -0.1) is 0 Å². The number of pyridine rings is 1. The van der Waals surface area contributed by atoms with Crippen LogP contribution in [0.5, 0.6) is 11.5 Å². The molecule has 2 aliphatic rings. The van der Waals surface area contributed by atoms with Gasteiger partial charge >= 0.3 is 0 Å². The number of nitrogens with one attached hydrogen (secondary N) is 2. The highest BCUT2D eigenvalue weighted by Gasteiger charge is 2.30. The number of rotatable bonds is 9. The Kier molecular flexibility index (Phi) is 8.98. The van der Waals surface area contributed by atoms with Crippen LogP contribution in [0.25, 0.3) is 22.2 Å². The van der Waals surface area contributed by atoms with E-state index in [9.17, 15) is 4.79 Å². The minimum atomic E-state index is -0.240. The standard InChI is InChI=1S/C28H32Cl2N6O5/c1-5-22(37)32-17-7-9-41-14-19(17)34-28-31-12-15-10-18(23-24(29)20(39-3)11-21(40-4)25(23)30)33-27(26(15)35-28)36-8-6-16(13-36)38-2/h5,10-12,16-17,19H,1,6-9,13-14H2,2-4H3,(H,32,37)(H,31,34,35)/t16?,17-,19+/m0/s1. The monoisotopic (exact) mass is 602 g/mol. The van der Waals surface area contributed by atoms with Crippen molar-refractivity contribution >= 4 is 51.8 Å². The predicted octanol–water partition coefficient (Wildman–Crippen LogP) is 4.11. The third-order valence-electron chi connectivity index (χ3n) is 7.34. The number of fused-ring (bicyclic) bond motifs is 1. The van der Waals surface area contributed by atoms with Crippen LogP contribution in [0, 0.1) is 0 Å². The number of aromatic nitrogens is 3. The quantitative estimate of drug-likeness (QED) is 0.346. The predicted molar refractivity (Wildman–Crippen MR) is 158 cm³/mol. The summed E-state index contributed by atoms with van der Waals surface area (Å²) in [6.07, 6.45) is 4.54. The molecule has 11 nitrogen and oxygen atoms in total. The van der Waals surface area contributed by atoms with Crippen LogP contribution in [0.3, 0.4) is 0 Å². The number of benzene rings is 1. The summed E-state index contributed by atoms with van der Waals surface area (Å²) >= 11 is 13.5. The van der Waals surface area contributed by atoms with Crippen molar-refractivity contribution in [2.24, 2.45) is 0 Å². The summed E-state index contributed by atoms with van der Waals surface area (Å²) in [6, 6.07) is 3.09. The first kappa shape index (κ1) is 29.1. The molecule has 3 atom stereocenters. The molecule has 13 heteroatoms. The Morgan fingerprint density at radius 3 is 2.54 bits per heavy atom. The number of nitrogens with zero attached hydrogens (tertiary/aromatic N) is 4. The second-order valence-corrected chi connectivity index (χ2v) is 10.5. The number of hydrogen-bond donors (Lipinski definition) is 2. The maximum absolute atomic E-state index is 12.0. The summed E-state index contributed by atoms with van der Waals surface area (Å²) in [5.41, 5.74) is 1.66. The van der Waals surface area contributed by atoms with E-state index in [0.29, 0.717) is 76.3 Å². The smallest absolute Gasteiger partial charge is 0.243 e. The SMILES string of the molecule is C=CC(=O)N[C@H]1CCOC[C@H]1Nc1ncc2cc(-c3c(Cl)c(OC)cc(OC)c3Cl)nc(N3CCC(OC)C3)c2n1. The van der Waals surface area contributed by atoms with E-state index in [1.165, 1.54) is 20.3 Å². The Bertz CT molecular complexity index is 1430. The number of ether oxygens (including phenoxy) is 4. The number of anilines is 2. The Hall–Kier alpha value is -3.38. The lowest BCUT2D eigenvalue weighted by Crippen LogP contribution is -2.52. The van der Waals surface area contributed by atoms with Crippen molar-refractivity contribution in [2.45, 2.75) is 31.0 Å². The largest absolute Gasteiger partial charge is 0.495 e. The molecule has 1 aromatic carbocycles. The first-order valence-electron chi connectivity index (χ1n) is 13.2. The van der Waals surface area contributed by atoms with Gasteiger partial charge in [-0.1, -0.05) is 29.8 Å². The van der Waals surface area contributed by atoms with E-state index >= 15 is 0 Å². The average Bonchev–Trinajstić information content (AvgIpc) is 3.47. The van der Waals surface area contributed by atoms with Gasteiger partial charge in [0.1, 0.15) is 17.0 Å². The van der Waals surface area contributed by atoms with Crippen LogP contribution in [-0.4, -0.2) is 86.7 Å². The molecule has 0 spiro atoms. The van der Waals surface area contributed by atoms with Gasteiger partial charge in [-0.2, -0.15) is 0 Å². The maximum Gasteiger partial charge on any atom is 0.243 e. The molecule has 41 heavy (non-hydrogen) atoms. The zero-order chi connectivity index (χ0) is 29.1. The van der Waals surface area contributed by atoms with E-state index in [1.807, 2.05) is 6.07 Å². The second kappa shape index (κ2) is 12.6. The van der Waals surface area contributed by atoms with E-state index < -0.39 is 0 Å². The van der Waals surface area contributed by atoms with Gasteiger partial charge < -0.3 is 34.5 Å². The van der Waals surface area contributed by atoms with Gasteiger partial charge in [-0.25, -0.2) is 15.0 Å². The van der Waals surface area contributed by atoms with Crippen molar-refractivity contribution in [2.75, 3.05) is 57.8 Å². The summed E-state index contributed by atoms with van der Waals surface area (Å²) in [7, 11) is 4.76. The highest BCUT2D eigenvalue weighted by atomic mass is 35.5. The van der Waals surface area contributed by atoms with Crippen LogP contribution in [0.4, 0.5) is 11.8 Å². The minimum absolute atomic E-state index is 0.0626. The summed E-state index contributed by atoms with van der Waals surface area (Å²) < 4.78 is 22.2. The molecule has 0 aliphatic carbocycles. The van der Waals surface area contributed by atoms with E-state index in [2.05, 4.69) is 27.1 Å². The molecular formula is C28H32Cl2N6O5. The summed E-state index contributed by atoms with van der Waals surface area (Å²) in [5, 5.41) is 7.68. The van der Waals surface area contributed by atoms with Crippen LogP contribution in [-0.2, 0) is 14.3 Å². The summed E-state index contributed by atoms with van der Waals surface area (Å²) in [6.45, 7) is 5.86. The first-order chi connectivity index (χ1) is 19.9. The maximum atomic E-state index is 12.0. The number of carbonyl (C=O) groups excluding carboxylic acids is 1. The van der Waals surface area contributed by atoms with Crippen molar-refractivity contribution in [3.8, 4) is 22.8 Å². The van der Waals surface area contributed by atoms with E-state index in [1.54, 1.807) is 19.4 Å². The minimum Gasteiger partial charge on any atom is -0.495 e. The van der Waals surface area contributed by atoms with Gasteiger partial charge in [-0.3, -0.25) is 4.79 Å². The molecule has 1 amide bonds. The lowest BCUT2D eigenvalue weighted by Gasteiger charge is -2.32. The lowest BCUT2D eigenvalue weighted by atomic mass is 10.0. The molecule has 1 unspecified atom stereocenters. The molecule has 3 aromatic rings. The Morgan fingerprint density at radius 1 is 1.12 bits per heavy atom. The fraction of sp³-hybridized carbons (Fsp3) is 0.429. The van der Waals surface area contributed by atoms with Crippen LogP contribution < -0.4 is 25.0 Å². The topological polar surface area (TPSA) is 120 Å². The Balaban J connectivity index is 1.59. The van der Waals surface area contributed by atoms with Crippen LogP contribution in [0.2, 0.25) is 10.0 Å². The van der Waals surface area contributed by atoms with Gasteiger partial charge in [-0.05, 0) is 25.0 Å². The highest BCUT2D eigenvalue weighted by molar-refractivity contribution is 6.41. The fourth-order valence-corrected chi connectivity index (χ4v) is 5.82. The first-order valence-corrected chi connectivity index (χ1v) is 14.0. The molecule has 2 saturated heterocycles. The molecule has 218 valence electrons. The molecule has 2 aliphatic heterocycles. The Labute approximate surface area is 248 Å². The van der Waals surface area contributed by atoms with Crippen LogP contribution >= 0.6 is 23.2 Å². The molecule has 5 rings (SSSR count). The molecule has 2 N–H and O–H groups in total. The number of hydrogen-bond acceptors (Lipinski definition) is 10. The van der Waals surface area contributed by atoms with Crippen molar-refractivity contribution in [1.29, 1.82) is 0 Å². The van der Waals surface area contributed by atoms with Crippen molar-refractivity contribution < 1.29 is 23.7 Å². The third-order valence-corrected chi connectivity index (χ3v) is 8.09. The van der Waals surface area contributed by atoms with Gasteiger partial charge in [0.15, 0.2) is 5.82 Å².